The monoisotopic (exact) mass is 260 g/mol. The Labute approximate surface area is 113 Å². The van der Waals surface area contributed by atoms with Crippen LogP contribution in [-0.2, 0) is 0 Å². The molecule has 2 rings (SSSR count). The molecule has 0 atom stereocenters. The van der Waals surface area contributed by atoms with Crippen LogP contribution in [-0.4, -0.2) is 9.55 Å². The van der Waals surface area contributed by atoms with E-state index in [-0.39, 0.29) is 5.41 Å². The average molecular weight is 261 g/mol. The molecule has 0 spiro atoms. The molecule has 1 aromatic carbocycles. The summed E-state index contributed by atoms with van der Waals surface area (Å²) in [5, 5.41) is 0.757. The predicted octanol–water partition coefficient (Wildman–Crippen LogP) is 4.58. The molecule has 0 fully saturated rings. The molecule has 1 aromatic heterocycles. The van der Waals surface area contributed by atoms with Crippen LogP contribution >= 0.6 is 11.6 Å². The van der Waals surface area contributed by atoms with Crippen LogP contribution in [0.5, 0.6) is 0 Å². The summed E-state index contributed by atoms with van der Waals surface area (Å²) in [5.41, 5.74) is 2.38. The van der Waals surface area contributed by atoms with Gasteiger partial charge < -0.3 is 4.57 Å². The lowest BCUT2D eigenvalue weighted by Crippen LogP contribution is -2.13. The van der Waals surface area contributed by atoms with Gasteiger partial charge in [-0.3, -0.25) is 0 Å². The van der Waals surface area contributed by atoms with Crippen molar-refractivity contribution in [2.24, 2.45) is 5.41 Å². The van der Waals surface area contributed by atoms with E-state index in [1.54, 1.807) is 6.20 Å². The lowest BCUT2D eigenvalue weighted by Gasteiger charge is -2.24. The number of allylic oxidation sites excluding steroid dienone is 1. The third-order valence-electron chi connectivity index (χ3n) is 2.72. The standard InChI is InChI=1S/C15H17ClN2/c1-15(2,3)14(18-9-8-17-11-18)10-12-4-6-13(16)7-5-12/h4-11H,1-3H3/b14-10-. The van der Waals surface area contributed by atoms with Gasteiger partial charge in [0.2, 0.25) is 0 Å². The first kappa shape index (κ1) is 12.9. The highest BCUT2D eigenvalue weighted by molar-refractivity contribution is 6.30. The molecule has 0 radical (unpaired) electrons. The lowest BCUT2D eigenvalue weighted by molar-refractivity contribution is 0.541. The summed E-state index contributed by atoms with van der Waals surface area (Å²) in [5.74, 6) is 0. The minimum absolute atomic E-state index is 0.0420. The Balaban J connectivity index is 2.44. The van der Waals surface area contributed by atoms with E-state index in [4.69, 9.17) is 11.6 Å². The molecule has 94 valence electrons. The zero-order valence-corrected chi connectivity index (χ0v) is 11.6. The maximum absolute atomic E-state index is 5.90. The van der Waals surface area contributed by atoms with Crippen molar-refractivity contribution >= 4 is 23.4 Å². The Morgan fingerprint density at radius 3 is 2.39 bits per heavy atom. The molecule has 3 heteroatoms. The van der Waals surface area contributed by atoms with Crippen molar-refractivity contribution < 1.29 is 0 Å². The van der Waals surface area contributed by atoms with Gasteiger partial charge in [0.25, 0.3) is 0 Å². The fourth-order valence-electron chi connectivity index (χ4n) is 1.80. The van der Waals surface area contributed by atoms with Crippen LogP contribution in [0.15, 0.2) is 43.0 Å². The molecule has 0 aliphatic rings. The van der Waals surface area contributed by atoms with Gasteiger partial charge in [0.1, 0.15) is 0 Å². The molecule has 18 heavy (non-hydrogen) atoms. The van der Waals surface area contributed by atoms with Crippen molar-refractivity contribution in [1.82, 2.24) is 9.55 Å². The summed E-state index contributed by atoms with van der Waals surface area (Å²) >= 11 is 5.90. The molecule has 0 bridgehead atoms. The van der Waals surface area contributed by atoms with Gasteiger partial charge in [-0.05, 0) is 23.8 Å². The maximum atomic E-state index is 5.90. The van der Waals surface area contributed by atoms with Gasteiger partial charge in [0.05, 0.1) is 6.33 Å². The van der Waals surface area contributed by atoms with E-state index in [0.29, 0.717) is 0 Å². The Morgan fingerprint density at radius 1 is 1.22 bits per heavy atom. The van der Waals surface area contributed by atoms with E-state index >= 15 is 0 Å². The summed E-state index contributed by atoms with van der Waals surface area (Å²) in [4.78, 5) is 4.11. The molecule has 0 N–H and O–H groups in total. The van der Waals surface area contributed by atoms with Crippen LogP contribution in [0.4, 0.5) is 0 Å². The fraction of sp³-hybridized carbons (Fsp3) is 0.267. The second-order valence-corrected chi connectivity index (χ2v) is 5.74. The minimum Gasteiger partial charge on any atom is -0.310 e. The highest BCUT2D eigenvalue weighted by Crippen LogP contribution is 2.31. The molecule has 0 saturated heterocycles. The van der Waals surface area contributed by atoms with Gasteiger partial charge in [0.15, 0.2) is 0 Å². The van der Waals surface area contributed by atoms with Crippen LogP contribution in [0.1, 0.15) is 26.3 Å². The number of halogens is 1. The Kier molecular flexibility index (Phi) is 3.58. The highest BCUT2D eigenvalue weighted by atomic mass is 35.5. The van der Waals surface area contributed by atoms with Crippen molar-refractivity contribution in [2.75, 3.05) is 0 Å². The van der Waals surface area contributed by atoms with Crippen LogP contribution in [0, 0.1) is 5.41 Å². The smallest absolute Gasteiger partial charge is 0.0989 e. The lowest BCUT2D eigenvalue weighted by atomic mass is 9.90. The van der Waals surface area contributed by atoms with E-state index in [1.165, 1.54) is 5.70 Å². The normalized spacial score (nSPS) is 12.8. The maximum Gasteiger partial charge on any atom is 0.0989 e. The molecule has 2 aromatic rings. The fourth-order valence-corrected chi connectivity index (χ4v) is 1.92. The van der Waals surface area contributed by atoms with Gasteiger partial charge in [-0.1, -0.05) is 44.5 Å². The van der Waals surface area contributed by atoms with Gasteiger partial charge >= 0.3 is 0 Å². The first-order chi connectivity index (χ1) is 8.47. The number of benzene rings is 1. The van der Waals surface area contributed by atoms with E-state index in [0.717, 1.165) is 10.6 Å². The molecule has 0 amide bonds. The van der Waals surface area contributed by atoms with E-state index in [2.05, 4.69) is 36.4 Å². The predicted molar refractivity (Wildman–Crippen MR) is 77.3 cm³/mol. The second-order valence-electron chi connectivity index (χ2n) is 5.30. The van der Waals surface area contributed by atoms with Gasteiger partial charge in [-0.25, -0.2) is 4.98 Å². The zero-order valence-electron chi connectivity index (χ0n) is 10.9. The molecule has 0 saturated carbocycles. The van der Waals surface area contributed by atoms with Crippen molar-refractivity contribution in [2.45, 2.75) is 20.8 Å². The Hall–Kier alpha value is -1.54. The van der Waals surface area contributed by atoms with Crippen LogP contribution in [0.2, 0.25) is 5.02 Å². The summed E-state index contributed by atoms with van der Waals surface area (Å²) < 4.78 is 2.05. The number of hydrogen-bond acceptors (Lipinski definition) is 1. The minimum atomic E-state index is 0.0420. The third kappa shape index (κ3) is 3.02. The Morgan fingerprint density at radius 2 is 1.89 bits per heavy atom. The number of imidazole rings is 1. The first-order valence-corrected chi connectivity index (χ1v) is 6.31. The van der Waals surface area contributed by atoms with Crippen LogP contribution in [0.25, 0.3) is 11.8 Å². The van der Waals surface area contributed by atoms with Crippen molar-refractivity contribution in [3.05, 3.63) is 53.6 Å². The van der Waals surface area contributed by atoms with Crippen LogP contribution in [0.3, 0.4) is 0 Å². The molecule has 1 heterocycles. The topological polar surface area (TPSA) is 17.8 Å². The summed E-state index contributed by atoms with van der Waals surface area (Å²) in [6.07, 6.45) is 7.75. The van der Waals surface area contributed by atoms with Gasteiger partial charge in [0, 0.05) is 28.5 Å². The van der Waals surface area contributed by atoms with E-state index < -0.39 is 0 Å². The molecule has 2 nitrogen and oxygen atoms in total. The Bertz CT molecular complexity index is 531. The van der Waals surface area contributed by atoms with Crippen LogP contribution < -0.4 is 0 Å². The van der Waals surface area contributed by atoms with E-state index in [9.17, 15) is 0 Å². The number of nitrogens with zero attached hydrogens (tertiary/aromatic N) is 2. The molecular weight excluding hydrogens is 244 g/mol. The molecule has 0 aliphatic heterocycles. The molecular formula is C15H17ClN2. The highest BCUT2D eigenvalue weighted by Gasteiger charge is 2.18. The number of aromatic nitrogens is 2. The van der Waals surface area contributed by atoms with Gasteiger partial charge in [-0.15, -0.1) is 0 Å². The summed E-state index contributed by atoms with van der Waals surface area (Å²) in [6, 6.07) is 7.85. The summed E-state index contributed by atoms with van der Waals surface area (Å²) in [6.45, 7) is 6.57. The SMILES string of the molecule is CC(C)(C)/C(=C/c1ccc(Cl)cc1)n1ccnc1. The van der Waals surface area contributed by atoms with Gasteiger partial charge in [-0.2, -0.15) is 0 Å². The average Bonchev–Trinajstić information content (AvgIpc) is 2.80. The number of rotatable bonds is 2. The third-order valence-corrected chi connectivity index (χ3v) is 2.98. The zero-order chi connectivity index (χ0) is 13.2. The van der Waals surface area contributed by atoms with Crippen molar-refractivity contribution in [3.8, 4) is 0 Å². The number of hydrogen-bond donors (Lipinski definition) is 0. The molecule has 0 unspecified atom stereocenters. The van der Waals surface area contributed by atoms with Crippen molar-refractivity contribution in [3.63, 3.8) is 0 Å². The van der Waals surface area contributed by atoms with Crippen molar-refractivity contribution in [1.29, 1.82) is 0 Å². The van der Waals surface area contributed by atoms with E-state index in [1.807, 2.05) is 36.8 Å². The second kappa shape index (κ2) is 4.99. The molecule has 0 aliphatic carbocycles. The first-order valence-electron chi connectivity index (χ1n) is 5.93. The largest absolute Gasteiger partial charge is 0.310 e. The summed E-state index contributed by atoms with van der Waals surface area (Å²) in [7, 11) is 0. The quantitative estimate of drug-likeness (QED) is 0.773.